The number of amides is 1. The van der Waals surface area contributed by atoms with Gasteiger partial charge in [-0.1, -0.05) is 41.4 Å². The largest absolute Gasteiger partial charge is 0.350 e. The lowest BCUT2D eigenvalue weighted by Crippen LogP contribution is -2.32. The van der Waals surface area contributed by atoms with E-state index >= 15 is 0 Å². The maximum absolute atomic E-state index is 13.8. The maximum Gasteiger partial charge on any atom is 0.266 e. The Labute approximate surface area is 164 Å². The molecule has 0 spiro atoms. The third-order valence-corrected chi connectivity index (χ3v) is 4.37. The Balaban J connectivity index is 1.71. The van der Waals surface area contributed by atoms with Gasteiger partial charge >= 0.3 is 0 Å². The van der Waals surface area contributed by atoms with Gasteiger partial charge in [0.1, 0.15) is 5.82 Å². The first-order valence-corrected chi connectivity index (χ1v) is 8.77. The van der Waals surface area contributed by atoms with Gasteiger partial charge in [0.05, 0.1) is 22.8 Å². The van der Waals surface area contributed by atoms with Crippen LogP contribution in [0.2, 0.25) is 10.0 Å². The second-order valence-corrected chi connectivity index (χ2v) is 6.48. The number of halogens is 3. The lowest BCUT2D eigenvalue weighted by molar-refractivity contribution is 0.0948. The molecule has 0 aliphatic heterocycles. The molecule has 27 heavy (non-hydrogen) atoms. The predicted molar refractivity (Wildman–Crippen MR) is 103 cm³/mol. The van der Waals surface area contributed by atoms with Crippen LogP contribution in [0.15, 0.2) is 59.4 Å². The molecule has 0 radical (unpaired) electrons. The summed E-state index contributed by atoms with van der Waals surface area (Å²) >= 11 is 11.7. The van der Waals surface area contributed by atoms with E-state index in [1.807, 2.05) is 0 Å². The molecule has 5 nitrogen and oxygen atoms in total. The van der Waals surface area contributed by atoms with Gasteiger partial charge in [0.15, 0.2) is 0 Å². The number of hydrogen-bond donors (Lipinski definition) is 1. The van der Waals surface area contributed by atoms with E-state index in [0.717, 1.165) is 11.6 Å². The summed E-state index contributed by atoms with van der Waals surface area (Å²) in [5, 5.41) is 7.45. The predicted octanol–water partition coefficient (Wildman–Crippen LogP) is 3.79. The zero-order valence-electron chi connectivity index (χ0n) is 14.0. The summed E-state index contributed by atoms with van der Waals surface area (Å²) in [6.07, 6.45) is 0. The number of benzene rings is 2. The SMILES string of the molecule is O=C(NCCn1nc(-c2ccc(Cl)cc2)ccc1=O)c1c(F)cccc1Cl. The zero-order valence-corrected chi connectivity index (χ0v) is 15.5. The van der Waals surface area contributed by atoms with Crippen LogP contribution >= 0.6 is 23.2 Å². The molecule has 1 heterocycles. The molecule has 0 saturated carbocycles. The van der Waals surface area contributed by atoms with Crippen LogP contribution in [0.4, 0.5) is 4.39 Å². The second kappa shape index (κ2) is 8.33. The molecule has 138 valence electrons. The number of nitrogens with zero attached hydrogens (tertiary/aromatic N) is 2. The number of hydrogen-bond acceptors (Lipinski definition) is 3. The third-order valence-electron chi connectivity index (χ3n) is 3.81. The highest BCUT2D eigenvalue weighted by Gasteiger charge is 2.15. The van der Waals surface area contributed by atoms with E-state index in [4.69, 9.17) is 23.2 Å². The van der Waals surface area contributed by atoms with E-state index in [9.17, 15) is 14.0 Å². The molecule has 3 rings (SSSR count). The lowest BCUT2D eigenvalue weighted by Gasteiger charge is -2.10. The Morgan fingerprint density at radius 2 is 1.81 bits per heavy atom. The van der Waals surface area contributed by atoms with Gasteiger partial charge < -0.3 is 5.32 Å². The van der Waals surface area contributed by atoms with E-state index in [2.05, 4.69) is 10.4 Å². The van der Waals surface area contributed by atoms with E-state index in [0.29, 0.717) is 10.7 Å². The number of rotatable bonds is 5. The summed E-state index contributed by atoms with van der Waals surface area (Å²) in [5.41, 5.74) is 0.852. The van der Waals surface area contributed by atoms with Crippen LogP contribution in [0.1, 0.15) is 10.4 Å². The summed E-state index contributed by atoms with van der Waals surface area (Å²) in [4.78, 5) is 24.1. The molecule has 2 aromatic carbocycles. The third kappa shape index (κ3) is 4.53. The van der Waals surface area contributed by atoms with E-state index in [1.54, 1.807) is 30.3 Å². The van der Waals surface area contributed by atoms with Gasteiger partial charge in [-0.25, -0.2) is 9.07 Å². The highest BCUT2D eigenvalue weighted by Crippen LogP contribution is 2.19. The van der Waals surface area contributed by atoms with Gasteiger partial charge in [-0.2, -0.15) is 5.10 Å². The van der Waals surface area contributed by atoms with Crippen LogP contribution in [0.5, 0.6) is 0 Å². The number of carbonyl (C=O) groups is 1. The average molecular weight is 406 g/mol. The van der Waals surface area contributed by atoms with Crippen molar-refractivity contribution in [2.75, 3.05) is 6.54 Å². The molecule has 1 N–H and O–H groups in total. The van der Waals surface area contributed by atoms with Gasteiger partial charge in [0, 0.05) is 23.2 Å². The van der Waals surface area contributed by atoms with Crippen LogP contribution in [0, 0.1) is 5.82 Å². The fraction of sp³-hybridized carbons (Fsp3) is 0.105. The quantitative estimate of drug-likeness (QED) is 0.702. The smallest absolute Gasteiger partial charge is 0.266 e. The van der Waals surface area contributed by atoms with Gasteiger partial charge in [-0.15, -0.1) is 0 Å². The van der Waals surface area contributed by atoms with Gasteiger partial charge in [-0.05, 0) is 30.3 Å². The minimum atomic E-state index is -0.708. The number of aromatic nitrogens is 2. The van der Waals surface area contributed by atoms with Crippen molar-refractivity contribution in [1.82, 2.24) is 15.1 Å². The van der Waals surface area contributed by atoms with Gasteiger partial charge in [0.2, 0.25) is 0 Å². The lowest BCUT2D eigenvalue weighted by atomic mass is 10.1. The van der Waals surface area contributed by atoms with Crippen molar-refractivity contribution in [3.8, 4) is 11.3 Å². The van der Waals surface area contributed by atoms with Crippen molar-refractivity contribution >= 4 is 29.1 Å². The first-order valence-electron chi connectivity index (χ1n) is 8.02. The molecule has 1 aromatic heterocycles. The molecular formula is C19H14Cl2FN3O2. The molecule has 1 amide bonds. The van der Waals surface area contributed by atoms with Crippen LogP contribution in [0.3, 0.4) is 0 Å². The van der Waals surface area contributed by atoms with Crippen molar-refractivity contribution in [2.45, 2.75) is 6.54 Å². The van der Waals surface area contributed by atoms with E-state index in [1.165, 1.54) is 22.9 Å². The van der Waals surface area contributed by atoms with Crippen LogP contribution < -0.4 is 10.9 Å². The standard InChI is InChI=1S/C19H14Cl2FN3O2/c20-13-6-4-12(5-7-13)16-8-9-17(26)25(24-16)11-10-23-19(27)18-14(21)2-1-3-15(18)22/h1-9H,10-11H2,(H,23,27). The zero-order chi connectivity index (χ0) is 19.4. The summed E-state index contributed by atoms with van der Waals surface area (Å²) in [5.74, 6) is -1.36. The van der Waals surface area contributed by atoms with Crippen molar-refractivity contribution in [1.29, 1.82) is 0 Å². The van der Waals surface area contributed by atoms with E-state index < -0.39 is 11.7 Å². The normalized spacial score (nSPS) is 10.6. The molecule has 0 saturated heterocycles. The monoisotopic (exact) mass is 405 g/mol. The summed E-state index contributed by atoms with van der Waals surface area (Å²) in [7, 11) is 0. The molecule has 3 aromatic rings. The van der Waals surface area contributed by atoms with Gasteiger partial charge in [-0.3, -0.25) is 9.59 Å². The van der Waals surface area contributed by atoms with Crippen molar-refractivity contribution in [2.24, 2.45) is 0 Å². The van der Waals surface area contributed by atoms with Crippen molar-refractivity contribution in [3.63, 3.8) is 0 Å². The summed E-state index contributed by atoms with van der Waals surface area (Å²) in [6.45, 7) is 0.207. The van der Waals surface area contributed by atoms with Crippen LogP contribution in [0.25, 0.3) is 11.3 Å². The fourth-order valence-corrected chi connectivity index (χ4v) is 2.84. The Morgan fingerprint density at radius 1 is 1.07 bits per heavy atom. The Morgan fingerprint density at radius 3 is 2.52 bits per heavy atom. The highest BCUT2D eigenvalue weighted by molar-refractivity contribution is 6.33. The molecule has 0 bridgehead atoms. The molecule has 8 heteroatoms. The van der Waals surface area contributed by atoms with Gasteiger partial charge in [0.25, 0.3) is 11.5 Å². The number of nitrogens with one attached hydrogen (secondary N) is 1. The first-order chi connectivity index (χ1) is 13.0. The molecule has 0 unspecified atom stereocenters. The summed E-state index contributed by atoms with van der Waals surface area (Å²) in [6, 6.07) is 14.1. The Kier molecular flexibility index (Phi) is 5.88. The molecule has 0 aliphatic rings. The Hall–Kier alpha value is -2.70. The topological polar surface area (TPSA) is 64.0 Å². The Bertz CT molecular complexity index is 1020. The average Bonchev–Trinajstić information content (AvgIpc) is 2.64. The van der Waals surface area contributed by atoms with Crippen LogP contribution in [-0.4, -0.2) is 22.2 Å². The molecular weight excluding hydrogens is 392 g/mol. The minimum absolute atomic E-state index is 0.0209. The number of carbonyl (C=O) groups excluding carboxylic acids is 1. The first kappa shape index (κ1) is 19.1. The molecule has 0 fully saturated rings. The maximum atomic E-state index is 13.8. The van der Waals surface area contributed by atoms with Crippen LogP contribution in [-0.2, 0) is 6.54 Å². The molecule has 0 atom stereocenters. The second-order valence-electron chi connectivity index (χ2n) is 5.64. The fourth-order valence-electron chi connectivity index (χ4n) is 2.46. The molecule has 0 aliphatic carbocycles. The summed E-state index contributed by atoms with van der Waals surface area (Å²) < 4.78 is 15.0. The highest BCUT2D eigenvalue weighted by atomic mass is 35.5. The van der Waals surface area contributed by atoms with Crippen molar-refractivity contribution in [3.05, 3.63) is 86.4 Å². The van der Waals surface area contributed by atoms with Crippen molar-refractivity contribution < 1.29 is 9.18 Å². The minimum Gasteiger partial charge on any atom is -0.350 e. The van der Waals surface area contributed by atoms with E-state index in [-0.39, 0.29) is 29.2 Å².